The maximum absolute atomic E-state index is 10.2. The topological polar surface area (TPSA) is 29.5 Å². The molecule has 1 unspecified atom stereocenters. The lowest BCUT2D eigenvalue weighted by Gasteiger charge is -2.29. The first kappa shape index (κ1) is 14.2. The molecule has 0 fully saturated rings. The molecule has 1 atom stereocenters. The van der Waals surface area contributed by atoms with Crippen molar-refractivity contribution in [1.29, 1.82) is 0 Å². The lowest BCUT2D eigenvalue weighted by Crippen LogP contribution is -2.39. The highest BCUT2D eigenvalue weighted by Gasteiger charge is 2.33. The van der Waals surface area contributed by atoms with E-state index >= 15 is 0 Å². The summed E-state index contributed by atoms with van der Waals surface area (Å²) >= 11 is 6.63. The van der Waals surface area contributed by atoms with Crippen molar-refractivity contribution in [2.24, 2.45) is 0 Å². The second-order valence-electron chi connectivity index (χ2n) is 3.56. The maximum Gasteiger partial charge on any atom is 0.188 e. The largest absolute Gasteiger partial charge is 0.364 e. The Morgan fingerprint density at radius 1 is 1.31 bits per heavy atom. The third-order valence-electron chi connectivity index (χ3n) is 2.35. The molecule has 1 aromatic carbocycles. The van der Waals surface area contributed by atoms with Crippen LogP contribution in [0.2, 0.25) is 0 Å². The molecule has 4 heteroatoms. The predicted octanol–water partition coefficient (Wildman–Crippen LogP) is 3.46. The van der Waals surface area contributed by atoms with Gasteiger partial charge in [0.2, 0.25) is 0 Å². The summed E-state index contributed by atoms with van der Waals surface area (Å²) in [6.45, 7) is 2.36. The van der Waals surface area contributed by atoms with Crippen molar-refractivity contribution < 1.29 is 9.84 Å². The third kappa shape index (κ3) is 4.17. The average Bonchev–Trinajstić information content (AvgIpc) is 2.28. The Morgan fingerprint density at radius 3 is 2.44 bits per heavy atom. The van der Waals surface area contributed by atoms with Crippen LogP contribution in [-0.4, -0.2) is 21.2 Å². The molecule has 0 aliphatic rings. The molecule has 0 aromatic heterocycles. The molecular formula is C12H16Br2O2. The highest BCUT2D eigenvalue weighted by molar-refractivity contribution is 9.24. The van der Waals surface area contributed by atoms with Gasteiger partial charge in [-0.15, -0.1) is 0 Å². The molecule has 16 heavy (non-hydrogen) atoms. The van der Waals surface area contributed by atoms with Gasteiger partial charge in [-0.1, -0.05) is 62.2 Å². The molecule has 0 spiro atoms. The molecule has 0 heterocycles. The molecule has 2 nitrogen and oxygen atoms in total. The molecule has 1 N–H and O–H groups in total. The standard InChI is InChI=1S/C12H16Br2O2/c1-2-16-12(15,11(13)14)9-8-10-6-4-3-5-7-10/h3-7,11,15H,2,8-9H2,1H3. The van der Waals surface area contributed by atoms with Crippen molar-refractivity contribution in [3.63, 3.8) is 0 Å². The number of aliphatic hydroxyl groups is 1. The van der Waals surface area contributed by atoms with Crippen LogP contribution in [-0.2, 0) is 11.2 Å². The van der Waals surface area contributed by atoms with Gasteiger partial charge < -0.3 is 9.84 Å². The fourth-order valence-corrected chi connectivity index (χ4v) is 2.18. The fraction of sp³-hybridized carbons (Fsp3) is 0.500. The quantitative estimate of drug-likeness (QED) is 0.628. The number of aryl methyl sites for hydroxylation is 1. The van der Waals surface area contributed by atoms with Gasteiger partial charge in [-0.2, -0.15) is 0 Å². The van der Waals surface area contributed by atoms with Crippen LogP contribution >= 0.6 is 31.9 Å². The van der Waals surface area contributed by atoms with Gasteiger partial charge in [-0.25, -0.2) is 0 Å². The molecule has 1 rings (SSSR count). The van der Waals surface area contributed by atoms with Gasteiger partial charge in [-0.05, 0) is 18.9 Å². The van der Waals surface area contributed by atoms with Crippen LogP contribution in [0.5, 0.6) is 0 Å². The Bertz CT molecular complexity index is 303. The summed E-state index contributed by atoms with van der Waals surface area (Å²) in [6, 6.07) is 10.1. The molecule has 90 valence electrons. The van der Waals surface area contributed by atoms with Crippen LogP contribution in [0.15, 0.2) is 30.3 Å². The molecule has 0 aliphatic carbocycles. The first-order valence-corrected chi connectivity index (χ1v) is 7.10. The Morgan fingerprint density at radius 2 is 1.94 bits per heavy atom. The summed E-state index contributed by atoms with van der Waals surface area (Å²) in [5.74, 6) is -1.16. The summed E-state index contributed by atoms with van der Waals surface area (Å²) < 4.78 is 5.11. The first-order chi connectivity index (χ1) is 7.58. The molecule has 0 aliphatic heterocycles. The normalized spacial score (nSPS) is 15.1. The number of rotatable bonds is 6. The van der Waals surface area contributed by atoms with E-state index in [4.69, 9.17) is 4.74 Å². The van der Waals surface area contributed by atoms with Crippen molar-refractivity contribution in [2.45, 2.75) is 29.3 Å². The summed E-state index contributed by atoms with van der Waals surface area (Å²) in [6.07, 6.45) is 1.33. The minimum atomic E-state index is -1.16. The molecule has 0 radical (unpaired) electrons. The average molecular weight is 352 g/mol. The van der Waals surface area contributed by atoms with E-state index in [1.807, 2.05) is 37.3 Å². The number of alkyl halides is 2. The van der Waals surface area contributed by atoms with Crippen molar-refractivity contribution >= 4 is 31.9 Å². The molecule has 0 bridgehead atoms. The van der Waals surface area contributed by atoms with Gasteiger partial charge >= 0.3 is 0 Å². The smallest absolute Gasteiger partial charge is 0.188 e. The van der Waals surface area contributed by atoms with Gasteiger partial charge in [0.05, 0.1) is 0 Å². The van der Waals surface area contributed by atoms with Crippen LogP contribution in [0.25, 0.3) is 0 Å². The second kappa shape index (κ2) is 6.74. The zero-order valence-corrected chi connectivity index (χ0v) is 12.4. The van der Waals surface area contributed by atoms with E-state index in [0.717, 1.165) is 6.42 Å². The monoisotopic (exact) mass is 350 g/mol. The van der Waals surface area contributed by atoms with Crippen LogP contribution in [0.3, 0.4) is 0 Å². The van der Waals surface area contributed by atoms with Gasteiger partial charge in [-0.3, -0.25) is 0 Å². The van der Waals surface area contributed by atoms with E-state index < -0.39 is 5.79 Å². The Hall–Kier alpha value is 0.1000. The summed E-state index contributed by atoms with van der Waals surface area (Å²) in [5.41, 5.74) is 1.20. The van der Waals surface area contributed by atoms with E-state index in [1.54, 1.807) is 0 Å². The lowest BCUT2D eigenvalue weighted by atomic mass is 10.1. The number of ether oxygens (including phenoxy) is 1. The fourth-order valence-electron chi connectivity index (χ4n) is 1.46. The van der Waals surface area contributed by atoms with E-state index in [9.17, 15) is 5.11 Å². The third-order valence-corrected chi connectivity index (χ3v) is 3.78. The van der Waals surface area contributed by atoms with Gasteiger partial charge in [0.1, 0.15) is 3.74 Å². The van der Waals surface area contributed by atoms with Crippen LogP contribution in [0, 0.1) is 0 Å². The van der Waals surface area contributed by atoms with Crippen molar-refractivity contribution in [3.05, 3.63) is 35.9 Å². The van der Waals surface area contributed by atoms with Gasteiger partial charge in [0.25, 0.3) is 0 Å². The lowest BCUT2D eigenvalue weighted by molar-refractivity contribution is -0.190. The Kier molecular flexibility index (Phi) is 5.97. The second-order valence-corrected chi connectivity index (χ2v) is 6.62. The molecule has 0 saturated carbocycles. The molecule has 1 aromatic rings. The minimum Gasteiger partial charge on any atom is -0.364 e. The zero-order chi connectivity index (χ0) is 12.0. The number of hydrogen-bond acceptors (Lipinski definition) is 2. The Labute approximate surface area is 113 Å². The highest BCUT2D eigenvalue weighted by Crippen LogP contribution is 2.29. The summed E-state index contributed by atoms with van der Waals surface area (Å²) in [7, 11) is 0. The minimum absolute atomic E-state index is 0.267. The highest BCUT2D eigenvalue weighted by atomic mass is 79.9. The number of benzene rings is 1. The van der Waals surface area contributed by atoms with Crippen molar-refractivity contribution in [2.75, 3.05) is 6.61 Å². The van der Waals surface area contributed by atoms with E-state index in [1.165, 1.54) is 5.56 Å². The van der Waals surface area contributed by atoms with Gasteiger partial charge in [0.15, 0.2) is 5.79 Å². The summed E-state index contributed by atoms with van der Waals surface area (Å²) in [4.78, 5) is 0. The first-order valence-electron chi connectivity index (χ1n) is 5.27. The van der Waals surface area contributed by atoms with E-state index in [0.29, 0.717) is 13.0 Å². The van der Waals surface area contributed by atoms with Crippen molar-refractivity contribution in [1.82, 2.24) is 0 Å². The molecule has 0 amide bonds. The van der Waals surface area contributed by atoms with Crippen molar-refractivity contribution in [3.8, 4) is 0 Å². The van der Waals surface area contributed by atoms with E-state index in [-0.39, 0.29) is 3.74 Å². The van der Waals surface area contributed by atoms with Crippen LogP contribution in [0.1, 0.15) is 18.9 Å². The van der Waals surface area contributed by atoms with Gasteiger partial charge in [0, 0.05) is 13.0 Å². The molecule has 0 saturated heterocycles. The predicted molar refractivity (Wildman–Crippen MR) is 73.0 cm³/mol. The zero-order valence-electron chi connectivity index (χ0n) is 9.20. The summed E-state index contributed by atoms with van der Waals surface area (Å²) in [5, 5.41) is 10.2. The van der Waals surface area contributed by atoms with Crippen LogP contribution < -0.4 is 0 Å². The SMILES string of the molecule is CCOC(O)(CCc1ccccc1)C(Br)Br. The number of halogens is 2. The van der Waals surface area contributed by atoms with E-state index in [2.05, 4.69) is 31.9 Å². The number of hydrogen-bond donors (Lipinski definition) is 1. The van der Waals surface area contributed by atoms with Crippen LogP contribution in [0.4, 0.5) is 0 Å². The molecular weight excluding hydrogens is 336 g/mol. The Balaban J connectivity index is 2.57. The maximum atomic E-state index is 10.2.